The molecule has 0 spiro atoms. The van der Waals surface area contributed by atoms with Crippen molar-refractivity contribution < 1.29 is 14.3 Å². The number of thiophene rings is 1. The van der Waals surface area contributed by atoms with Gasteiger partial charge in [0.2, 0.25) is 0 Å². The molecule has 0 saturated heterocycles. The highest BCUT2D eigenvalue weighted by atomic mass is 32.1. The number of ether oxygens (including phenoxy) is 1. The molecule has 0 radical (unpaired) electrons. The minimum absolute atomic E-state index is 0.125. The van der Waals surface area contributed by atoms with Crippen LogP contribution in [0.25, 0.3) is 0 Å². The number of fused-ring (bicyclic) bond motifs is 1. The Morgan fingerprint density at radius 3 is 2.80 bits per heavy atom. The number of hydrogen-bond donors (Lipinski definition) is 1. The summed E-state index contributed by atoms with van der Waals surface area (Å²) in [5.41, 5.74) is 1.61. The normalized spacial score (nSPS) is 19.2. The monoisotopic (exact) mass is 358 g/mol. The third-order valence-corrected chi connectivity index (χ3v) is 5.41. The lowest BCUT2D eigenvalue weighted by atomic mass is 9.93. The second-order valence-corrected chi connectivity index (χ2v) is 7.55. The van der Waals surface area contributed by atoms with E-state index in [1.807, 2.05) is 6.92 Å². The predicted molar refractivity (Wildman–Crippen MR) is 98.1 cm³/mol. The lowest BCUT2D eigenvalue weighted by Crippen LogP contribution is -2.43. The predicted octanol–water partition coefficient (Wildman–Crippen LogP) is 2.67. The first kappa shape index (κ1) is 17.6. The summed E-state index contributed by atoms with van der Waals surface area (Å²) in [4.78, 5) is 27.4. The molecule has 6 heteroatoms. The van der Waals surface area contributed by atoms with Gasteiger partial charge in [-0.05, 0) is 42.1 Å². The average Bonchev–Trinajstić information content (AvgIpc) is 3.09. The fourth-order valence-corrected chi connectivity index (χ4v) is 3.98. The largest absolute Gasteiger partial charge is 0.368 e. The van der Waals surface area contributed by atoms with Crippen molar-refractivity contribution >= 4 is 23.2 Å². The van der Waals surface area contributed by atoms with Gasteiger partial charge in [0, 0.05) is 36.5 Å². The fourth-order valence-electron chi connectivity index (χ4n) is 3.00. The van der Waals surface area contributed by atoms with Crippen LogP contribution in [0.2, 0.25) is 0 Å². The van der Waals surface area contributed by atoms with Crippen LogP contribution in [-0.2, 0) is 16.8 Å². The van der Waals surface area contributed by atoms with Gasteiger partial charge >= 0.3 is 0 Å². The molecule has 1 aromatic heterocycles. The van der Waals surface area contributed by atoms with Gasteiger partial charge in [-0.1, -0.05) is 6.07 Å². The molecule has 5 nitrogen and oxygen atoms in total. The van der Waals surface area contributed by atoms with E-state index in [0.29, 0.717) is 24.3 Å². The van der Waals surface area contributed by atoms with E-state index in [1.54, 1.807) is 49.7 Å². The maximum Gasteiger partial charge on any atom is 0.253 e. The van der Waals surface area contributed by atoms with E-state index in [-0.39, 0.29) is 11.8 Å². The van der Waals surface area contributed by atoms with Crippen LogP contribution in [0.4, 0.5) is 0 Å². The van der Waals surface area contributed by atoms with Gasteiger partial charge in [0.1, 0.15) is 5.60 Å². The molecule has 0 aliphatic carbocycles. The van der Waals surface area contributed by atoms with E-state index in [1.165, 1.54) is 9.78 Å². The first-order valence-electron chi connectivity index (χ1n) is 8.21. The Balaban J connectivity index is 1.72. The zero-order valence-corrected chi connectivity index (χ0v) is 15.5. The number of benzene rings is 1. The molecule has 1 N–H and O–H groups in total. The highest BCUT2D eigenvalue weighted by molar-refractivity contribution is 7.10. The Labute approximate surface area is 151 Å². The van der Waals surface area contributed by atoms with Crippen molar-refractivity contribution in [1.29, 1.82) is 0 Å². The fraction of sp³-hybridized carbons (Fsp3) is 0.368. The summed E-state index contributed by atoms with van der Waals surface area (Å²) in [6, 6.07) is 8.84. The minimum atomic E-state index is -0.514. The Bertz CT molecular complexity index is 799. The second kappa shape index (κ2) is 6.98. The first-order valence-corrected chi connectivity index (χ1v) is 9.09. The zero-order chi connectivity index (χ0) is 18.0. The Morgan fingerprint density at radius 1 is 1.28 bits per heavy atom. The second-order valence-electron chi connectivity index (χ2n) is 6.55. The van der Waals surface area contributed by atoms with Gasteiger partial charge in [0.25, 0.3) is 11.8 Å². The van der Waals surface area contributed by atoms with Crippen LogP contribution < -0.4 is 5.32 Å². The number of rotatable bonds is 4. The van der Waals surface area contributed by atoms with Gasteiger partial charge in [-0.25, -0.2) is 0 Å². The standard InChI is InChI=1S/C19H22N2O3S/c1-19(15-8-10-25-16(15)7-9-24-19)12-20-17(22)13-5-4-6-14(11-13)18(23)21(2)3/h4-6,8,10-11H,7,9,12H2,1-3H3,(H,20,22). The quantitative estimate of drug-likeness (QED) is 0.914. The van der Waals surface area contributed by atoms with Crippen LogP contribution in [0.5, 0.6) is 0 Å². The Kier molecular flexibility index (Phi) is 4.92. The third-order valence-electron chi connectivity index (χ3n) is 4.43. The van der Waals surface area contributed by atoms with E-state index in [9.17, 15) is 9.59 Å². The van der Waals surface area contributed by atoms with Crippen molar-refractivity contribution in [3.05, 3.63) is 57.3 Å². The number of carbonyl (C=O) groups is 2. The molecule has 1 aliphatic rings. The van der Waals surface area contributed by atoms with Gasteiger partial charge in [-0.15, -0.1) is 11.3 Å². The Morgan fingerprint density at radius 2 is 2.04 bits per heavy atom. The van der Waals surface area contributed by atoms with Crippen molar-refractivity contribution in [3.63, 3.8) is 0 Å². The van der Waals surface area contributed by atoms with E-state index in [0.717, 1.165) is 12.0 Å². The number of nitrogens with zero attached hydrogens (tertiary/aromatic N) is 1. The third kappa shape index (κ3) is 3.60. The molecule has 0 fully saturated rings. The summed E-state index contributed by atoms with van der Waals surface area (Å²) >= 11 is 1.73. The van der Waals surface area contributed by atoms with Crippen molar-refractivity contribution in [2.45, 2.75) is 18.9 Å². The molecule has 0 saturated carbocycles. The molecule has 2 aromatic rings. The maximum atomic E-state index is 12.5. The van der Waals surface area contributed by atoms with E-state index >= 15 is 0 Å². The summed E-state index contributed by atoms with van der Waals surface area (Å²) in [6.07, 6.45) is 0.922. The highest BCUT2D eigenvalue weighted by Crippen LogP contribution is 2.35. The van der Waals surface area contributed by atoms with Crippen molar-refractivity contribution in [2.24, 2.45) is 0 Å². The number of hydrogen-bond acceptors (Lipinski definition) is 4. The Hall–Kier alpha value is -2.18. The molecule has 2 heterocycles. The minimum Gasteiger partial charge on any atom is -0.368 e. The summed E-state index contributed by atoms with van der Waals surface area (Å²) in [5.74, 6) is -0.333. The SMILES string of the molecule is CN(C)C(=O)c1cccc(C(=O)NCC2(C)OCCc3sccc32)c1. The molecule has 25 heavy (non-hydrogen) atoms. The van der Waals surface area contributed by atoms with Gasteiger partial charge in [-0.3, -0.25) is 9.59 Å². The van der Waals surface area contributed by atoms with Crippen LogP contribution in [0.1, 0.15) is 38.1 Å². The molecule has 2 amide bonds. The summed E-state index contributed by atoms with van der Waals surface area (Å²) in [7, 11) is 3.38. The number of nitrogens with one attached hydrogen (secondary N) is 1. The topological polar surface area (TPSA) is 58.6 Å². The molecular formula is C19H22N2O3S. The van der Waals surface area contributed by atoms with Crippen LogP contribution >= 0.6 is 11.3 Å². The lowest BCUT2D eigenvalue weighted by molar-refractivity contribution is -0.0425. The van der Waals surface area contributed by atoms with Gasteiger partial charge < -0.3 is 15.0 Å². The molecule has 1 aliphatic heterocycles. The highest BCUT2D eigenvalue weighted by Gasteiger charge is 2.34. The molecular weight excluding hydrogens is 336 g/mol. The van der Waals surface area contributed by atoms with Gasteiger partial charge in [0.15, 0.2) is 0 Å². The molecule has 132 valence electrons. The van der Waals surface area contributed by atoms with Crippen LogP contribution in [-0.4, -0.2) is 44.0 Å². The van der Waals surface area contributed by atoms with Crippen LogP contribution in [0, 0.1) is 0 Å². The summed E-state index contributed by atoms with van der Waals surface area (Å²) in [5, 5.41) is 5.02. The smallest absolute Gasteiger partial charge is 0.253 e. The lowest BCUT2D eigenvalue weighted by Gasteiger charge is -2.34. The van der Waals surface area contributed by atoms with Crippen molar-refractivity contribution in [1.82, 2.24) is 10.2 Å². The average molecular weight is 358 g/mol. The van der Waals surface area contributed by atoms with E-state index in [4.69, 9.17) is 4.74 Å². The maximum absolute atomic E-state index is 12.5. The molecule has 1 aromatic carbocycles. The van der Waals surface area contributed by atoms with Crippen LogP contribution in [0.3, 0.4) is 0 Å². The summed E-state index contributed by atoms with van der Waals surface area (Å²) in [6.45, 7) is 3.05. The number of carbonyl (C=O) groups excluding carboxylic acids is 2. The summed E-state index contributed by atoms with van der Waals surface area (Å²) < 4.78 is 5.96. The number of amides is 2. The molecule has 0 bridgehead atoms. The first-order chi connectivity index (χ1) is 11.9. The van der Waals surface area contributed by atoms with Crippen molar-refractivity contribution in [3.8, 4) is 0 Å². The molecule has 3 rings (SSSR count). The molecule has 1 unspecified atom stereocenters. The van der Waals surface area contributed by atoms with Crippen molar-refractivity contribution in [2.75, 3.05) is 27.2 Å². The van der Waals surface area contributed by atoms with Gasteiger partial charge in [0.05, 0.1) is 13.2 Å². The molecule has 1 atom stereocenters. The zero-order valence-electron chi connectivity index (χ0n) is 14.7. The van der Waals surface area contributed by atoms with Gasteiger partial charge in [-0.2, -0.15) is 0 Å². The van der Waals surface area contributed by atoms with Crippen LogP contribution in [0.15, 0.2) is 35.7 Å². The van der Waals surface area contributed by atoms with E-state index < -0.39 is 5.60 Å². The van der Waals surface area contributed by atoms with E-state index in [2.05, 4.69) is 16.8 Å².